The van der Waals surface area contributed by atoms with Crippen LogP contribution in [0, 0.1) is 5.82 Å². The van der Waals surface area contributed by atoms with E-state index < -0.39 is 22.8 Å². The van der Waals surface area contributed by atoms with Gasteiger partial charge in [0, 0.05) is 24.6 Å². The first kappa shape index (κ1) is 15.8. The molecule has 0 amide bonds. The molecule has 3 aromatic rings. The zero-order chi connectivity index (χ0) is 17.1. The van der Waals surface area contributed by atoms with Gasteiger partial charge in [-0.25, -0.2) is 4.39 Å². The van der Waals surface area contributed by atoms with Crippen molar-refractivity contribution in [2.75, 3.05) is 17.2 Å². The zero-order valence-corrected chi connectivity index (χ0v) is 12.5. The number of benzene rings is 1. The predicted molar refractivity (Wildman–Crippen MR) is 88.7 cm³/mol. The Balaban J connectivity index is 1.70. The normalized spacial score (nSPS) is 12.1. The number of halogens is 1. The fraction of sp³-hybridized carbons (Fsp3) is 0.118. The maximum Gasteiger partial charge on any atom is 0.253 e. The Morgan fingerprint density at radius 1 is 1.00 bits per heavy atom. The summed E-state index contributed by atoms with van der Waals surface area (Å²) < 4.78 is 12.9. The Morgan fingerprint density at radius 3 is 2.29 bits per heavy atom. The van der Waals surface area contributed by atoms with Gasteiger partial charge in [-0.3, -0.25) is 14.6 Å². The van der Waals surface area contributed by atoms with E-state index in [1.54, 1.807) is 24.5 Å². The summed E-state index contributed by atoms with van der Waals surface area (Å²) in [4.78, 5) is 27.3. The van der Waals surface area contributed by atoms with Gasteiger partial charge >= 0.3 is 0 Å². The van der Waals surface area contributed by atoms with Crippen LogP contribution in [0.2, 0.25) is 0 Å². The van der Waals surface area contributed by atoms with E-state index in [0.717, 1.165) is 0 Å². The first-order valence-corrected chi connectivity index (χ1v) is 7.24. The number of anilines is 3. The van der Waals surface area contributed by atoms with E-state index in [4.69, 9.17) is 0 Å². The second-order valence-electron chi connectivity index (χ2n) is 5.22. The van der Waals surface area contributed by atoms with Gasteiger partial charge in [-0.2, -0.15) is 0 Å². The van der Waals surface area contributed by atoms with E-state index in [-0.39, 0.29) is 17.9 Å². The molecule has 3 rings (SSSR count). The summed E-state index contributed by atoms with van der Waals surface area (Å²) >= 11 is 0. The summed E-state index contributed by atoms with van der Waals surface area (Å²) in [6.45, 7) is 0.0154. The fourth-order valence-electron chi connectivity index (χ4n) is 2.26. The van der Waals surface area contributed by atoms with Crippen molar-refractivity contribution in [3.05, 3.63) is 80.6 Å². The Bertz CT molecular complexity index is 903. The maximum atomic E-state index is 12.9. The molecule has 1 aromatic heterocycles. The monoisotopic (exact) mass is 327 g/mol. The molecule has 0 fully saturated rings. The topological polar surface area (TPSA) is 91.3 Å². The molecule has 24 heavy (non-hydrogen) atoms. The average Bonchev–Trinajstić information content (AvgIpc) is 2.61. The van der Waals surface area contributed by atoms with E-state index in [0.29, 0.717) is 11.3 Å². The molecular weight excluding hydrogens is 313 g/mol. The number of hydrogen-bond acceptors (Lipinski definition) is 6. The van der Waals surface area contributed by atoms with E-state index in [1.807, 2.05) is 0 Å². The van der Waals surface area contributed by atoms with E-state index in [2.05, 4.69) is 15.6 Å². The van der Waals surface area contributed by atoms with Crippen molar-refractivity contribution in [3.63, 3.8) is 0 Å². The van der Waals surface area contributed by atoms with Crippen LogP contribution < -0.4 is 21.5 Å². The molecule has 0 saturated heterocycles. The summed E-state index contributed by atoms with van der Waals surface area (Å²) in [6.07, 6.45) is 2.17. The molecule has 0 bridgehead atoms. The third-order valence-electron chi connectivity index (χ3n) is 3.59. The van der Waals surface area contributed by atoms with E-state index in [1.165, 1.54) is 24.3 Å². The molecule has 3 N–H and O–H groups in total. The highest BCUT2D eigenvalue weighted by Gasteiger charge is 2.21. The minimum absolute atomic E-state index is 0.0154. The third-order valence-corrected chi connectivity index (χ3v) is 3.59. The number of pyridine rings is 1. The molecule has 1 unspecified atom stereocenters. The highest BCUT2D eigenvalue weighted by Crippen LogP contribution is 2.21. The van der Waals surface area contributed by atoms with Gasteiger partial charge in [-0.15, -0.1) is 0 Å². The van der Waals surface area contributed by atoms with Crippen molar-refractivity contribution in [2.45, 2.75) is 6.10 Å². The maximum absolute atomic E-state index is 12.9. The molecule has 6 nitrogen and oxygen atoms in total. The van der Waals surface area contributed by atoms with Gasteiger partial charge in [0.05, 0.1) is 6.10 Å². The molecule has 7 heteroatoms. The number of aliphatic hydroxyl groups is 1. The Morgan fingerprint density at radius 2 is 1.62 bits per heavy atom. The van der Waals surface area contributed by atoms with Gasteiger partial charge in [0.15, 0.2) is 0 Å². The van der Waals surface area contributed by atoms with Gasteiger partial charge in [0.2, 0.25) is 0 Å². The van der Waals surface area contributed by atoms with Crippen LogP contribution in [-0.4, -0.2) is 16.6 Å². The van der Waals surface area contributed by atoms with Crippen molar-refractivity contribution < 1.29 is 9.50 Å². The highest BCUT2D eigenvalue weighted by molar-refractivity contribution is 5.78. The first-order chi connectivity index (χ1) is 11.6. The minimum Gasteiger partial charge on any atom is -0.387 e. The molecule has 2 aromatic carbocycles. The standard InChI is InChI=1S/C17H14FN3O3/c18-11-3-1-10(2-4-11)13(22)9-20-14-15(17(24)16(14)23)21-12-5-7-19-8-6-12/h1-8,13,20,22H,9H2,(H,19,21). The Kier molecular flexibility index (Phi) is 4.35. The molecule has 1 heterocycles. The lowest BCUT2D eigenvalue weighted by molar-refractivity contribution is 0.191. The van der Waals surface area contributed by atoms with Gasteiger partial charge < -0.3 is 15.7 Å². The van der Waals surface area contributed by atoms with Crippen LogP contribution in [-0.2, 0) is 0 Å². The zero-order valence-electron chi connectivity index (χ0n) is 12.5. The summed E-state index contributed by atoms with van der Waals surface area (Å²) in [7, 11) is 0. The van der Waals surface area contributed by atoms with Crippen LogP contribution >= 0.6 is 0 Å². The van der Waals surface area contributed by atoms with Crippen LogP contribution in [0.4, 0.5) is 21.5 Å². The lowest BCUT2D eigenvalue weighted by atomic mass is 10.1. The average molecular weight is 327 g/mol. The molecule has 0 radical (unpaired) electrons. The second-order valence-corrected chi connectivity index (χ2v) is 5.22. The molecule has 0 aliphatic carbocycles. The second kappa shape index (κ2) is 6.59. The summed E-state index contributed by atoms with van der Waals surface area (Å²) in [5.41, 5.74) is 0.143. The SMILES string of the molecule is O=c1c(NCC(O)c2ccc(F)cc2)c(Nc2ccncc2)c1=O. The molecule has 1 atom stereocenters. The van der Waals surface area contributed by atoms with Gasteiger partial charge in [-0.05, 0) is 29.8 Å². The van der Waals surface area contributed by atoms with Crippen LogP contribution in [0.3, 0.4) is 0 Å². The molecule has 0 saturated carbocycles. The number of rotatable bonds is 6. The predicted octanol–water partition coefficient (Wildman–Crippen LogP) is 1.71. The summed E-state index contributed by atoms with van der Waals surface area (Å²) in [6, 6.07) is 8.72. The molecule has 122 valence electrons. The molecule has 0 spiro atoms. The van der Waals surface area contributed by atoms with Crippen molar-refractivity contribution in [3.8, 4) is 0 Å². The van der Waals surface area contributed by atoms with Gasteiger partial charge in [0.1, 0.15) is 17.2 Å². The van der Waals surface area contributed by atoms with Gasteiger partial charge in [0.25, 0.3) is 10.9 Å². The molecule has 0 aliphatic heterocycles. The smallest absolute Gasteiger partial charge is 0.253 e. The number of aromatic nitrogens is 1. The van der Waals surface area contributed by atoms with E-state index >= 15 is 0 Å². The first-order valence-electron chi connectivity index (χ1n) is 7.24. The number of hydrogen-bond donors (Lipinski definition) is 3. The Hall–Kier alpha value is -3.06. The third kappa shape index (κ3) is 3.16. The minimum atomic E-state index is -0.941. The van der Waals surface area contributed by atoms with Crippen molar-refractivity contribution in [2.24, 2.45) is 0 Å². The highest BCUT2D eigenvalue weighted by atomic mass is 19.1. The number of aliphatic hydroxyl groups excluding tert-OH is 1. The van der Waals surface area contributed by atoms with Crippen LogP contribution in [0.5, 0.6) is 0 Å². The Labute approximate surface area is 136 Å². The largest absolute Gasteiger partial charge is 0.387 e. The van der Waals surface area contributed by atoms with Gasteiger partial charge in [-0.1, -0.05) is 12.1 Å². The van der Waals surface area contributed by atoms with Crippen molar-refractivity contribution in [1.29, 1.82) is 0 Å². The van der Waals surface area contributed by atoms with Crippen molar-refractivity contribution >= 4 is 17.1 Å². The van der Waals surface area contributed by atoms with Crippen LogP contribution in [0.1, 0.15) is 11.7 Å². The fourth-order valence-corrected chi connectivity index (χ4v) is 2.26. The molecule has 0 aliphatic rings. The summed E-state index contributed by atoms with van der Waals surface area (Å²) in [5, 5.41) is 15.7. The quantitative estimate of drug-likeness (QED) is 0.597. The van der Waals surface area contributed by atoms with Crippen LogP contribution in [0.25, 0.3) is 0 Å². The molecular formula is C17H14FN3O3. The number of nitrogens with zero attached hydrogens (tertiary/aromatic N) is 1. The van der Waals surface area contributed by atoms with Crippen LogP contribution in [0.15, 0.2) is 58.4 Å². The van der Waals surface area contributed by atoms with Crippen molar-refractivity contribution in [1.82, 2.24) is 4.98 Å². The lowest BCUT2D eigenvalue weighted by Gasteiger charge is -2.17. The summed E-state index contributed by atoms with van der Waals surface area (Å²) in [5.74, 6) is -0.398. The number of nitrogens with one attached hydrogen (secondary N) is 2. The lowest BCUT2D eigenvalue weighted by Crippen LogP contribution is -2.37. The van der Waals surface area contributed by atoms with E-state index in [9.17, 15) is 19.1 Å².